The molecule has 136 valence electrons. The van der Waals surface area contributed by atoms with Crippen LogP contribution in [0.3, 0.4) is 0 Å². The van der Waals surface area contributed by atoms with E-state index in [0.29, 0.717) is 11.3 Å². The lowest BCUT2D eigenvalue weighted by molar-refractivity contribution is -0.137. The summed E-state index contributed by atoms with van der Waals surface area (Å²) in [4.78, 5) is 7.98. The molecule has 2 rings (SSSR count). The summed E-state index contributed by atoms with van der Waals surface area (Å²) in [6.45, 7) is 3.52. The van der Waals surface area contributed by atoms with Gasteiger partial charge in [-0.05, 0) is 23.6 Å². The third-order valence-electron chi connectivity index (χ3n) is 3.30. The minimum Gasteiger partial charge on any atom is -0.261 e. The van der Waals surface area contributed by atoms with Crippen LogP contribution in [0.1, 0.15) is 36.7 Å². The molecule has 0 aliphatic rings. The van der Waals surface area contributed by atoms with Crippen molar-refractivity contribution in [2.24, 2.45) is 5.92 Å². The molecule has 1 N–H and O–H groups in total. The number of hydrogen-bond acceptors (Lipinski definition) is 4. The summed E-state index contributed by atoms with van der Waals surface area (Å²) >= 11 is 0. The second-order valence-electron chi connectivity index (χ2n) is 5.98. The molecule has 25 heavy (non-hydrogen) atoms. The van der Waals surface area contributed by atoms with Gasteiger partial charge in [0.25, 0.3) is 0 Å². The predicted octanol–water partition coefficient (Wildman–Crippen LogP) is 3.16. The van der Waals surface area contributed by atoms with Gasteiger partial charge in [-0.1, -0.05) is 26.0 Å². The Morgan fingerprint density at radius 1 is 1.12 bits per heavy atom. The number of sulfonamides is 1. The van der Waals surface area contributed by atoms with Crippen molar-refractivity contribution in [3.63, 3.8) is 0 Å². The van der Waals surface area contributed by atoms with Gasteiger partial charge >= 0.3 is 6.18 Å². The molecule has 5 nitrogen and oxygen atoms in total. The largest absolute Gasteiger partial charge is 0.416 e. The predicted molar refractivity (Wildman–Crippen MR) is 87.1 cm³/mol. The van der Waals surface area contributed by atoms with Crippen molar-refractivity contribution in [1.82, 2.24) is 14.7 Å². The van der Waals surface area contributed by atoms with E-state index >= 15 is 0 Å². The highest BCUT2D eigenvalue weighted by Crippen LogP contribution is 2.31. The van der Waals surface area contributed by atoms with Gasteiger partial charge < -0.3 is 0 Å². The first-order chi connectivity index (χ1) is 11.6. The maximum Gasteiger partial charge on any atom is 0.416 e. The topological polar surface area (TPSA) is 72.0 Å². The summed E-state index contributed by atoms with van der Waals surface area (Å²) in [6, 6.07) is 3.38. The first-order valence-corrected chi connectivity index (χ1v) is 9.17. The summed E-state index contributed by atoms with van der Waals surface area (Å²) < 4.78 is 65.2. The fourth-order valence-corrected chi connectivity index (χ4v) is 3.88. The van der Waals surface area contributed by atoms with E-state index in [0.717, 1.165) is 12.1 Å². The number of benzene rings is 1. The second-order valence-corrected chi connectivity index (χ2v) is 7.77. The fourth-order valence-electron chi connectivity index (χ4n) is 2.29. The summed E-state index contributed by atoms with van der Waals surface area (Å²) in [5, 5.41) is 0. The van der Waals surface area contributed by atoms with E-state index in [9.17, 15) is 21.6 Å². The Labute approximate surface area is 144 Å². The number of alkyl halides is 3. The van der Waals surface area contributed by atoms with Crippen LogP contribution >= 0.6 is 0 Å². The van der Waals surface area contributed by atoms with E-state index in [4.69, 9.17) is 0 Å². The van der Waals surface area contributed by atoms with Crippen LogP contribution in [-0.2, 0) is 16.2 Å². The number of rotatable bonds is 6. The Morgan fingerprint density at radius 3 is 2.24 bits per heavy atom. The molecule has 1 heterocycles. The van der Waals surface area contributed by atoms with Crippen molar-refractivity contribution < 1.29 is 21.6 Å². The molecule has 2 aromatic rings. The van der Waals surface area contributed by atoms with Gasteiger partial charge in [0.15, 0.2) is 0 Å². The van der Waals surface area contributed by atoms with Crippen LogP contribution in [0.25, 0.3) is 0 Å². The molecule has 0 fully saturated rings. The van der Waals surface area contributed by atoms with Crippen LogP contribution in [0.5, 0.6) is 0 Å². The van der Waals surface area contributed by atoms with Gasteiger partial charge in [-0.3, -0.25) is 9.97 Å². The monoisotopic (exact) mass is 373 g/mol. The minimum atomic E-state index is -4.46. The maximum atomic E-state index is 12.7. The van der Waals surface area contributed by atoms with E-state index in [-0.39, 0.29) is 11.7 Å². The smallest absolute Gasteiger partial charge is 0.261 e. The molecule has 0 amide bonds. The van der Waals surface area contributed by atoms with Gasteiger partial charge in [0.1, 0.15) is 0 Å². The molecule has 1 aromatic heterocycles. The van der Waals surface area contributed by atoms with E-state index in [1.165, 1.54) is 30.7 Å². The first-order valence-electron chi connectivity index (χ1n) is 7.51. The number of aromatic nitrogens is 2. The molecule has 1 aromatic carbocycles. The van der Waals surface area contributed by atoms with Gasteiger partial charge in [0, 0.05) is 12.4 Å². The zero-order valence-electron chi connectivity index (χ0n) is 13.7. The Bertz CT molecular complexity index is 792. The van der Waals surface area contributed by atoms with Crippen LogP contribution in [0.4, 0.5) is 13.2 Å². The van der Waals surface area contributed by atoms with Crippen LogP contribution in [0.15, 0.2) is 42.9 Å². The van der Waals surface area contributed by atoms with Crippen molar-refractivity contribution in [1.29, 1.82) is 0 Å². The van der Waals surface area contributed by atoms with Crippen LogP contribution in [0.2, 0.25) is 0 Å². The van der Waals surface area contributed by atoms with Crippen LogP contribution < -0.4 is 4.72 Å². The lowest BCUT2D eigenvalue weighted by Crippen LogP contribution is -2.33. The Balaban J connectivity index is 2.39. The maximum absolute atomic E-state index is 12.7. The van der Waals surface area contributed by atoms with E-state index < -0.39 is 27.8 Å². The Hall–Kier alpha value is -2.00. The van der Waals surface area contributed by atoms with E-state index in [1.54, 1.807) is 13.8 Å². The van der Waals surface area contributed by atoms with Gasteiger partial charge in [-0.15, -0.1) is 0 Å². The molecule has 9 heteroatoms. The van der Waals surface area contributed by atoms with Crippen molar-refractivity contribution in [2.45, 2.75) is 26.1 Å². The molecule has 0 aliphatic heterocycles. The summed E-state index contributed by atoms with van der Waals surface area (Å²) in [6.07, 6.45) is -0.267. The summed E-state index contributed by atoms with van der Waals surface area (Å²) in [7, 11) is -3.65. The van der Waals surface area contributed by atoms with Crippen molar-refractivity contribution in [3.8, 4) is 0 Å². The fraction of sp³-hybridized carbons (Fsp3) is 0.375. The number of nitrogens with one attached hydrogen (secondary N) is 1. The molecule has 0 spiro atoms. The quantitative estimate of drug-likeness (QED) is 0.844. The van der Waals surface area contributed by atoms with E-state index in [1.807, 2.05) is 0 Å². The molecular formula is C16H18F3N3O2S. The van der Waals surface area contributed by atoms with Crippen LogP contribution in [-0.4, -0.2) is 24.1 Å². The normalized spacial score (nSPS) is 13.8. The molecule has 1 atom stereocenters. The lowest BCUT2D eigenvalue weighted by atomic mass is 10.0. The third-order valence-corrected chi connectivity index (χ3v) is 5.00. The highest BCUT2D eigenvalue weighted by atomic mass is 32.2. The van der Waals surface area contributed by atoms with Gasteiger partial charge in [-0.2, -0.15) is 13.2 Å². The standard InChI is InChI=1S/C16H18F3N3O2S/c1-11(2)10-25(23,24)22-15(14-9-20-7-8-21-14)12-3-5-13(6-4-12)16(17,18)19/h3-9,11,15,22H,10H2,1-2H3. The van der Waals surface area contributed by atoms with Crippen molar-refractivity contribution in [3.05, 3.63) is 59.7 Å². The minimum absolute atomic E-state index is 0.104. The molecule has 1 unspecified atom stereocenters. The third kappa shape index (κ3) is 5.50. The number of halogens is 3. The second kappa shape index (κ2) is 7.49. The highest BCUT2D eigenvalue weighted by molar-refractivity contribution is 7.89. The van der Waals surface area contributed by atoms with Gasteiger partial charge in [0.05, 0.1) is 29.2 Å². The van der Waals surface area contributed by atoms with Crippen molar-refractivity contribution in [2.75, 3.05) is 5.75 Å². The molecule has 0 saturated heterocycles. The average Bonchev–Trinajstić information content (AvgIpc) is 2.52. The van der Waals surface area contributed by atoms with E-state index in [2.05, 4.69) is 14.7 Å². The van der Waals surface area contributed by atoms with Crippen LogP contribution in [0, 0.1) is 5.92 Å². The molecule has 0 aliphatic carbocycles. The Morgan fingerprint density at radius 2 is 1.76 bits per heavy atom. The SMILES string of the molecule is CC(C)CS(=O)(=O)NC(c1ccc(C(F)(F)F)cc1)c1cnccn1. The first kappa shape index (κ1) is 19.3. The molecule has 0 radical (unpaired) electrons. The zero-order valence-corrected chi connectivity index (χ0v) is 14.5. The Kier molecular flexibility index (Phi) is 5.79. The lowest BCUT2D eigenvalue weighted by Gasteiger charge is -2.20. The number of hydrogen-bond donors (Lipinski definition) is 1. The molecular weight excluding hydrogens is 355 g/mol. The average molecular weight is 373 g/mol. The van der Waals surface area contributed by atoms with Crippen molar-refractivity contribution >= 4 is 10.0 Å². The highest BCUT2D eigenvalue weighted by Gasteiger charge is 2.31. The zero-order chi connectivity index (χ0) is 18.7. The summed E-state index contributed by atoms with van der Waals surface area (Å²) in [5.41, 5.74) is -0.158. The van der Waals surface area contributed by atoms with Gasteiger partial charge in [-0.25, -0.2) is 13.1 Å². The number of nitrogens with zero attached hydrogens (tertiary/aromatic N) is 2. The molecule has 0 bridgehead atoms. The molecule has 0 saturated carbocycles. The van der Waals surface area contributed by atoms with Gasteiger partial charge in [0.2, 0.25) is 10.0 Å². The summed E-state index contributed by atoms with van der Waals surface area (Å²) in [5.74, 6) is -0.211.